The van der Waals surface area contributed by atoms with Gasteiger partial charge in [0.2, 0.25) is 0 Å². The van der Waals surface area contributed by atoms with E-state index in [1.807, 2.05) is 13.8 Å². The first-order valence-corrected chi connectivity index (χ1v) is 6.04. The minimum Gasteiger partial charge on any atom is -0.383 e. The molecule has 1 atom stereocenters. The van der Waals surface area contributed by atoms with Crippen LogP contribution in [0.1, 0.15) is 13.8 Å². The van der Waals surface area contributed by atoms with Crippen LogP contribution in [0.25, 0.3) is 0 Å². The largest absolute Gasteiger partial charge is 0.383 e. The number of amides is 2. The maximum Gasteiger partial charge on any atom is 0.317 e. The Bertz CT molecular complexity index is 341. The molecule has 0 aliphatic carbocycles. The molecule has 0 saturated heterocycles. The van der Waals surface area contributed by atoms with E-state index in [1.165, 1.54) is 6.33 Å². The molecule has 0 aliphatic heterocycles. The van der Waals surface area contributed by atoms with E-state index >= 15 is 0 Å². The zero-order valence-electron chi connectivity index (χ0n) is 11.2. The SMILES string of the molecule is CCN(CCOC)C(=O)N[C@H](C)Cn1cncn1. The van der Waals surface area contributed by atoms with Crippen LogP contribution in [0.4, 0.5) is 4.79 Å². The lowest BCUT2D eigenvalue weighted by Gasteiger charge is -2.23. The summed E-state index contributed by atoms with van der Waals surface area (Å²) in [6.45, 7) is 6.27. The number of aromatic nitrogens is 3. The summed E-state index contributed by atoms with van der Waals surface area (Å²) in [6.07, 6.45) is 3.11. The standard InChI is InChI=1S/C11H21N5O2/c1-4-15(5-6-18-3)11(17)14-10(2)7-16-9-12-8-13-16/h8-10H,4-7H2,1-3H3,(H,14,17)/t10-/m1/s1. The quantitative estimate of drug-likeness (QED) is 0.763. The molecule has 2 amide bonds. The van der Waals surface area contributed by atoms with Gasteiger partial charge in [0.25, 0.3) is 0 Å². The molecule has 18 heavy (non-hydrogen) atoms. The Morgan fingerprint density at radius 3 is 2.94 bits per heavy atom. The van der Waals surface area contributed by atoms with E-state index < -0.39 is 0 Å². The molecule has 1 N–H and O–H groups in total. The Labute approximate surface area is 107 Å². The smallest absolute Gasteiger partial charge is 0.317 e. The van der Waals surface area contributed by atoms with Crippen LogP contribution >= 0.6 is 0 Å². The summed E-state index contributed by atoms with van der Waals surface area (Å²) in [5.41, 5.74) is 0. The third kappa shape index (κ3) is 4.70. The molecule has 0 aromatic carbocycles. The monoisotopic (exact) mass is 255 g/mol. The highest BCUT2D eigenvalue weighted by atomic mass is 16.5. The summed E-state index contributed by atoms with van der Waals surface area (Å²) in [5.74, 6) is 0. The number of likely N-dealkylation sites (N-methyl/N-ethyl adjacent to an activating group) is 1. The molecule has 7 nitrogen and oxygen atoms in total. The number of nitrogens with one attached hydrogen (secondary N) is 1. The van der Waals surface area contributed by atoms with Crippen LogP contribution in [0.5, 0.6) is 0 Å². The maximum absolute atomic E-state index is 11.9. The second-order valence-electron chi connectivity index (χ2n) is 4.04. The molecule has 1 aromatic heterocycles. The zero-order chi connectivity index (χ0) is 13.4. The number of rotatable bonds is 7. The zero-order valence-corrected chi connectivity index (χ0v) is 11.2. The van der Waals surface area contributed by atoms with Crippen molar-refractivity contribution in [2.45, 2.75) is 26.4 Å². The minimum absolute atomic E-state index is 0.00389. The first-order chi connectivity index (χ1) is 8.67. The molecular formula is C11H21N5O2. The van der Waals surface area contributed by atoms with Gasteiger partial charge in [-0.2, -0.15) is 5.10 Å². The predicted octanol–water partition coefficient (Wildman–Crippen LogP) is 0.345. The van der Waals surface area contributed by atoms with Gasteiger partial charge in [0.1, 0.15) is 12.7 Å². The van der Waals surface area contributed by atoms with Crippen molar-refractivity contribution >= 4 is 6.03 Å². The van der Waals surface area contributed by atoms with Crippen molar-refractivity contribution in [2.75, 3.05) is 26.8 Å². The fraction of sp³-hybridized carbons (Fsp3) is 0.727. The van der Waals surface area contributed by atoms with Gasteiger partial charge in [-0.05, 0) is 13.8 Å². The van der Waals surface area contributed by atoms with Gasteiger partial charge in [-0.25, -0.2) is 9.78 Å². The number of urea groups is 1. The van der Waals surface area contributed by atoms with Crippen molar-refractivity contribution in [3.8, 4) is 0 Å². The van der Waals surface area contributed by atoms with Crippen molar-refractivity contribution in [1.82, 2.24) is 25.0 Å². The van der Waals surface area contributed by atoms with E-state index in [-0.39, 0.29) is 12.1 Å². The minimum atomic E-state index is -0.0813. The van der Waals surface area contributed by atoms with Crippen molar-refractivity contribution in [3.05, 3.63) is 12.7 Å². The first kappa shape index (κ1) is 14.4. The molecule has 0 radical (unpaired) electrons. The van der Waals surface area contributed by atoms with Gasteiger partial charge < -0.3 is 15.0 Å². The molecule has 102 valence electrons. The second-order valence-corrected chi connectivity index (χ2v) is 4.04. The van der Waals surface area contributed by atoms with Gasteiger partial charge in [-0.3, -0.25) is 4.68 Å². The Morgan fingerprint density at radius 1 is 1.61 bits per heavy atom. The van der Waals surface area contributed by atoms with Crippen LogP contribution in [-0.2, 0) is 11.3 Å². The van der Waals surface area contributed by atoms with Gasteiger partial charge >= 0.3 is 6.03 Å². The van der Waals surface area contributed by atoms with Crippen LogP contribution in [0.15, 0.2) is 12.7 Å². The average Bonchev–Trinajstić information content (AvgIpc) is 2.82. The van der Waals surface area contributed by atoms with Crippen molar-refractivity contribution in [1.29, 1.82) is 0 Å². The number of carbonyl (C=O) groups excluding carboxylic acids is 1. The maximum atomic E-state index is 11.9. The van der Waals surface area contributed by atoms with Crippen LogP contribution in [0.3, 0.4) is 0 Å². The Morgan fingerprint density at radius 2 is 2.39 bits per heavy atom. The molecule has 1 rings (SSSR count). The third-order valence-corrected chi connectivity index (χ3v) is 2.53. The van der Waals surface area contributed by atoms with E-state index in [4.69, 9.17) is 4.74 Å². The first-order valence-electron chi connectivity index (χ1n) is 6.04. The van der Waals surface area contributed by atoms with Crippen LogP contribution in [-0.4, -0.2) is 58.5 Å². The lowest BCUT2D eigenvalue weighted by molar-refractivity contribution is 0.149. The number of carbonyl (C=O) groups is 1. The molecule has 1 heterocycles. The third-order valence-electron chi connectivity index (χ3n) is 2.53. The van der Waals surface area contributed by atoms with Gasteiger partial charge in [0.15, 0.2) is 0 Å². The Balaban J connectivity index is 2.37. The van der Waals surface area contributed by atoms with Gasteiger partial charge in [-0.15, -0.1) is 0 Å². The fourth-order valence-electron chi connectivity index (χ4n) is 1.56. The fourth-order valence-corrected chi connectivity index (χ4v) is 1.56. The number of nitrogens with zero attached hydrogens (tertiary/aromatic N) is 4. The molecule has 0 bridgehead atoms. The lowest BCUT2D eigenvalue weighted by atomic mass is 10.3. The van der Waals surface area contributed by atoms with Crippen LogP contribution < -0.4 is 5.32 Å². The highest BCUT2D eigenvalue weighted by Gasteiger charge is 2.14. The Hall–Kier alpha value is -1.63. The van der Waals surface area contributed by atoms with E-state index in [0.717, 1.165) is 0 Å². The number of ether oxygens (including phenoxy) is 1. The summed E-state index contributed by atoms with van der Waals surface area (Å²) in [5, 5.41) is 6.92. The number of hydrogen-bond donors (Lipinski definition) is 1. The summed E-state index contributed by atoms with van der Waals surface area (Å²) < 4.78 is 6.66. The molecule has 0 fully saturated rings. The van der Waals surface area contributed by atoms with Gasteiger partial charge in [0, 0.05) is 26.2 Å². The number of hydrogen-bond acceptors (Lipinski definition) is 4. The van der Waals surface area contributed by atoms with Crippen molar-refractivity contribution in [3.63, 3.8) is 0 Å². The molecule has 0 aliphatic rings. The van der Waals surface area contributed by atoms with E-state index in [9.17, 15) is 4.79 Å². The lowest BCUT2D eigenvalue weighted by Crippen LogP contribution is -2.46. The second kappa shape index (κ2) is 7.65. The molecule has 0 spiro atoms. The number of methoxy groups -OCH3 is 1. The van der Waals surface area contributed by atoms with E-state index in [2.05, 4.69) is 15.4 Å². The summed E-state index contributed by atoms with van der Waals surface area (Å²) in [4.78, 5) is 17.5. The van der Waals surface area contributed by atoms with Crippen molar-refractivity contribution < 1.29 is 9.53 Å². The normalized spacial score (nSPS) is 12.2. The Kier molecular flexibility index (Phi) is 6.13. The summed E-state index contributed by atoms with van der Waals surface area (Å²) in [7, 11) is 1.62. The van der Waals surface area contributed by atoms with E-state index in [1.54, 1.807) is 23.0 Å². The summed E-state index contributed by atoms with van der Waals surface area (Å²) in [6, 6.07) is -0.0852. The molecule has 1 aromatic rings. The highest BCUT2D eigenvalue weighted by Crippen LogP contribution is 1.94. The van der Waals surface area contributed by atoms with Gasteiger partial charge in [0.05, 0.1) is 13.2 Å². The highest BCUT2D eigenvalue weighted by molar-refractivity contribution is 5.74. The molecule has 7 heteroatoms. The van der Waals surface area contributed by atoms with E-state index in [0.29, 0.717) is 26.2 Å². The average molecular weight is 255 g/mol. The van der Waals surface area contributed by atoms with Crippen LogP contribution in [0.2, 0.25) is 0 Å². The van der Waals surface area contributed by atoms with Gasteiger partial charge in [-0.1, -0.05) is 0 Å². The topological polar surface area (TPSA) is 72.3 Å². The molecule has 0 saturated carbocycles. The van der Waals surface area contributed by atoms with Crippen LogP contribution in [0, 0.1) is 0 Å². The van der Waals surface area contributed by atoms with Crippen molar-refractivity contribution in [2.24, 2.45) is 0 Å². The summed E-state index contributed by atoms with van der Waals surface area (Å²) >= 11 is 0. The molecule has 0 unspecified atom stereocenters. The predicted molar refractivity (Wildman–Crippen MR) is 67.1 cm³/mol. The molecular weight excluding hydrogens is 234 g/mol.